The lowest BCUT2D eigenvalue weighted by Crippen LogP contribution is -2.23. The van der Waals surface area contributed by atoms with Crippen LogP contribution in [-0.4, -0.2) is 30.5 Å². The molecule has 0 spiro atoms. The molecule has 0 aromatic carbocycles. The summed E-state index contributed by atoms with van der Waals surface area (Å²) in [6, 6.07) is 0.256. The number of unbranched alkanes of at least 4 members (excludes halogenated alkanes) is 12. The Kier molecular flexibility index (Phi) is 19.1. The summed E-state index contributed by atoms with van der Waals surface area (Å²) in [5, 5.41) is 9.10. The van der Waals surface area contributed by atoms with Gasteiger partial charge < -0.3 is 15.6 Å². The van der Waals surface area contributed by atoms with E-state index in [1.807, 2.05) is 0 Å². The topological polar surface area (TPSA) is 55.5 Å². The fourth-order valence-corrected chi connectivity index (χ4v) is 3.06. The molecule has 3 N–H and O–H groups in total. The predicted octanol–water partition coefficient (Wildman–Crippen LogP) is 5.58. The fraction of sp³-hybridized carbons (Fsp3) is 1.00. The van der Waals surface area contributed by atoms with E-state index in [9.17, 15) is 0 Å². The van der Waals surface area contributed by atoms with Crippen LogP contribution in [0.15, 0.2) is 0 Å². The molecule has 0 fully saturated rings. The first kappa shape index (κ1) is 23.9. The quantitative estimate of drug-likeness (QED) is 0.301. The lowest BCUT2D eigenvalue weighted by Gasteiger charge is -2.12. The Bertz CT molecular complexity index is 234. The lowest BCUT2D eigenvalue weighted by atomic mass is 10.0. The van der Waals surface area contributed by atoms with Gasteiger partial charge in [0.15, 0.2) is 0 Å². The van der Waals surface area contributed by atoms with Crippen molar-refractivity contribution < 1.29 is 9.84 Å². The maximum atomic E-state index is 9.10. The van der Waals surface area contributed by atoms with Crippen LogP contribution in [-0.2, 0) is 4.74 Å². The van der Waals surface area contributed by atoms with Crippen molar-refractivity contribution in [3.63, 3.8) is 0 Å². The largest absolute Gasteiger partial charge is 0.391 e. The standard InChI is InChI=1S/C21H45NO2/c1-3-4-5-6-7-8-9-10-11-12-13-14-15-16-21(22)17-18-24-19-20(2)23/h20-21,23H,3-19,22H2,1-2H3. The maximum absolute atomic E-state index is 9.10. The van der Waals surface area contributed by atoms with Gasteiger partial charge in [0, 0.05) is 12.6 Å². The zero-order chi connectivity index (χ0) is 17.9. The first-order chi connectivity index (χ1) is 11.7. The van der Waals surface area contributed by atoms with Crippen LogP contribution < -0.4 is 5.73 Å². The van der Waals surface area contributed by atoms with E-state index in [1.165, 1.54) is 83.5 Å². The van der Waals surface area contributed by atoms with Crippen molar-refractivity contribution in [3.05, 3.63) is 0 Å². The average molecular weight is 344 g/mol. The zero-order valence-corrected chi connectivity index (χ0v) is 16.6. The third kappa shape index (κ3) is 19.9. The molecule has 0 aliphatic rings. The summed E-state index contributed by atoms with van der Waals surface area (Å²) in [5.74, 6) is 0. The van der Waals surface area contributed by atoms with Gasteiger partial charge in [-0.1, -0.05) is 90.4 Å². The molecule has 0 aliphatic carbocycles. The summed E-state index contributed by atoms with van der Waals surface area (Å²) in [7, 11) is 0. The van der Waals surface area contributed by atoms with Crippen molar-refractivity contribution in [2.24, 2.45) is 5.73 Å². The smallest absolute Gasteiger partial charge is 0.0745 e. The predicted molar refractivity (Wildman–Crippen MR) is 105 cm³/mol. The Morgan fingerprint density at radius 2 is 1.21 bits per heavy atom. The number of nitrogens with two attached hydrogens (primary N) is 1. The third-order valence-electron chi connectivity index (χ3n) is 4.67. The highest BCUT2D eigenvalue weighted by molar-refractivity contribution is 4.61. The van der Waals surface area contributed by atoms with Gasteiger partial charge in [-0.25, -0.2) is 0 Å². The first-order valence-corrected chi connectivity index (χ1v) is 10.7. The van der Waals surface area contributed by atoms with Crippen LogP contribution in [0, 0.1) is 0 Å². The summed E-state index contributed by atoms with van der Waals surface area (Å²) in [6.45, 7) is 5.12. The molecule has 24 heavy (non-hydrogen) atoms. The van der Waals surface area contributed by atoms with Crippen LogP contribution in [0.5, 0.6) is 0 Å². The normalized spacial score (nSPS) is 14.0. The summed E-state index contributed by atoms with van der Waals surface area (Å²) in [5.41, 5.74) is 6.09. The number of aliphatic hydroxyl groups excluding tert-OH is 1. The Balaban J connectivity index is 3.11. The molecule has 0 bridgehead atoms. The van der Waals surface area contributed by atoms with E-state index in [0.717, 1.165) is 12.8 Å². The first-order valence-electron chi connectivity index (χ1n) is 10.7. The minimum atomic E-state index is -0.373. The fourth-order valence-electron chi connectivity index (χ4n) is 3.06. The second-order valence-electron chi connectivity index (χ2n) is 7.50. The van der Waals surface area contributed by atoms with Crippen LogP contribution in [0.25, 0.3) is 0 Å². The highest BCUT2D eigenvalue weighted by Crippen LogP contribution is 2.13. The SMILES string of the molecule is CCCCCCCCCCCCCCCC(N)CCOCC(C)O. The molecule has 0 aromatic rings. The Morgan fingerprint density at radius 3 is 1.67 bits per heavy atom. The van der Waals surface area contributed by atoms with Gasteiger partial charge in [0.2, 0.25) is 0 Å². The minimum absolute atomic E-state index is 0.256. The maximum Gasteiger partial charge on any atom is 0.0745 e. The van der Waals surface area contributed by atoms with Crippen molar-refractivity contribution in [3.8, 4) is 0 Å². The number of aliphatic hydroxyl groups is 1. The monoisotopic (exact) mass is 343 g/mol. The van der Waals surface area contributed by atoms with Crippen molar-refractivity contribution in [2.75, 3.05) is 13.2 Å². The second-order valence-corrected chi connectivity index (χ2v) is 7.50. The summed E-state index contributed by atoms with van der Waals surface area (Å²) in [6.07, 6.45) is 19.8. The van der Waals surface area contributed by atoms with Crippen molar-refractivity contribution in [1.82, 2.24) is 0 Å². The molecular weight excluding hydrogens is 298 g/mol. The number of hydrogen-bond acceptors (Lipinski definition) is 3. The molecule has 2 unspecified atom stereocenters. The Labute approximate surface area is 151 Å². The van der Waals surface area contributed by atoms with Crippen LogP contribution in [0.3, 0.4) is 0 Å². The Morgan fingerprint density at radius 1 is 0.750 bits per heavy atom. The highest BCUT2D eigenvalue weighted by Gasteiger charge is 2.03. The van der Waals surface area contributed by atoms with Crippen molar-refractivity contribution >= 4 is 0 Å². The number of rotatable bonds is 19. The summed E-state index contributed by atoms with van der Waals surface area (Å²) in [4.78, 5) is 0. The molecule has 0 saturated heterocycles. The molecule has 0 radical (unpaired) electrons. The van der Waals surface area contributed by atoms with Gasteiger partial charge in [0.25, 0.3) is 0 Å². The molecule has 2 atom stereocenters. The van der Waals surface area contributed by atoms with Crippen LogP contribution in [0.2, 0.25) is 0 Å². The van der Waals surface area contributed by atoms with Crippen LogP contribution >= 0.6 is 0 Å². The molecule has 0 rings (SSSR count). The van der Waals surface area contributed by atoms with Gasteiger partial charge >= 0.3 is 0 Å². The third-order valence-corrected chi connectivity index (χ3v) is 4.67. The minimum Gasteiger partial charge on any atom is -0.391 e. The van der Waals surface area contributed by atoms with Gasteiger partial charge in [-0.2, -0.15) is 0 Å². The second kappa shape index (κ2) is 19.2. The van der Waals surface area contributed by atoms with E-state index in [-0.39, 0.29) is 12.1 Å². The van der Waals surface area contributed by atoms with Crippen LogP contribution in [0.1, 0.15) is 110 Å². The van der Waals surface area contributed by atoms with Crippen LogP contribution in [0.4, 0.5) is 0 Å². The highest BCUT2D eigenvalue weighted by atomic mass is 16.5. The van der Waals surface area contributed by atoms with Gasteiger partial charge in [-0.3, -0.25) is 0 Å². The van der Waals surface area contributed by atoms with E-state index < -0.39 is 0 Å². The number of hydrogen-bond donors (Lipinski definition) is 2. The van der Waals surface area contributed by atoms with Gasteiger partial charge in [0.1, 0.15) is 0 Å². The summed E-state index contributed by atoms with van der Waals surface area (Å²) >= 11 is 0. The summed E-state index contributed by atoms with van der Waals surface area (Å²) < 4.78 is 5.35. The molecular formula is C21H45NO2. The van der Waals surface area contributed by atoms with Gasteiger partial charge in [0.05, 0.1) is 12.7 Å². The average Bonchev–Trinajstić information content (AvgIpc) is 2.55. The molecule has 0 saturated carbocycles. The van der Waals surface area contributed by atoms with Gasteiger partial charge in [-0.15, -0.1) is 0 Å². The van der Waals surface area contributed by atoms with Gasteiger partial charge in [-0.05, 0) is 19.8 Å². The van der Waals surface area contributed by atoms with E-state index in [1.54, 1.807) is 6.92 Å². The van der Waals surface area contributed by atoms with E-state index in [0.29, 0.717) is 13.2 Å². The molecule has 3 heteroatoms. The van der Waals surface area contributed by atoms with Crippen molar-refractivity contribution in [1.29, 1.82) is 0 Å². The van der Waals surface area contributed by atoms with E-state index in [4.69, 9.17) is 15.6 Å². The molecule has 0 heterocycles. The lowest BCUT2D eigenvalue weighted by molar-refractivity contribution is 0.0430. The molecule has 0 amide bonds. The van der Waals surface area contributed by atoms with Crippen molar-refractivity contribution in [2.45, 2.75) is 122 Å². The molecule has 0 aromatic heterocycles. The van der Waals surface area contributed by atoms with E-state index in [2.05, 4.69) is 6.92 Å². The zero-order valence-electron chi connectivity index (χ0n) is 16.6. The number of ether oxygens (including phenoxy) is 1. The molecule has 3 nitrogen and oxygen atoms in total. The molecule has 146 valence electrons. The molecule has 0 aliphatic heterocycles. The Hall–Kier alpha value is -0.120. The van der Waals surface area contributed by atoms with E-state index >= 15 is 0 Å².